The molecular formula is C57H36N4O2. The second kappa shape index (κ2) is 14.9. The van der Waals surface area contributed by atoms with Crippen molar-refractivity contribution < 1.29 is 9.47 Å². The van der Waals surface area contributed by atoms with Gasteiger partial charge in [-0.2, -0.15) is 0 Å². The summed E-state index contributed by atoms with van der Waals surface area (Å²) < 4.78 is 13.8. The first-order valence-corrected chi connectivity index (χ1v) is 21.0. The molecule has 12 rings (SSSR count). The van der Waals surface area contributed by atoms with Crippen molar-refractivity contribution in [2.75, 3.05) is 0 Å². The minimum absolute atomic E-state index is 0.560. The van der Waals surface area contributed by atoms with Crippen molar-refractivity contribution >= 4 is 0 Å². The number of aromatic nitrogens is 4. The molecule has 0 spiro atoms. The molecule has 0 radical (unpaired) electrons. The first kappa shape index (κ1) is 36.4. The topological polar surface area (TPSA) is 70.0 Å². The summed E-state index contributed by atoms with van der Waals surface area (Å²) >= 11 is 0. The molecule has 10 aromatic rings. The maximum absolute atomic E-state index is 7.03. The molecule has 0 unspecified atom stereocenters. The maximum Gasteiger partial charge on any atom is 0.177 e. The Morgan fingerprint density at radius 3 is 1.57 bits per heavy atom. The normalized spacial score (nSPS) is 12.8. The van der Waals surface area contributed by atoms with Crippen LogP contribution in [-0.4, -0.2) is 19.9 Å². The largest absolute Gasteiger partial charge is 0.449 e. The summed E-state index contributed by atoms with van der Waals surface area (Å²) in [6.45, 7) is 0. The van der Waals surface area contributed by atoms with E-state index in [4.69, 9.17) is 24.4 Å². The molecule has 0 saturated heterocycles. The van der Waals surface area contributed by atoms with Gasteiger partial charge in [-0.15, -0.1) is 0 Å². The lowest BCUT2D eigenvalue weighted by Gasteiger charge is -2.34. The van der Waals surface area contributed by atoms with E-state index in [1.54, 1.807) is 6.20 Å². The standard InChI is InChI=1S/C57H36N4O2/c1-4-17-37(18-5-1)54-59-55(61-56(60-54)41-22-15-20-39(34-41)49-30-12-13-32-58-49)40-21-14-19-38(33-40)44-28-16-31-50-53(44)63-52-36-48-46(35-51(52)62-50)45-27-10-11-29-47(45)57(48,42-23-6-2-7-24-42)43-25-8-3-9-26-43/h1-36H. The van der Waals surface area contributed by atoms with Crippen molar-refractivity contribution in [3.8, 4) is 90.7 Å². The Labute approximate surface area is 364 Å². The second-order valence-corrected chi connectivity index (χ2v) is 15.8. The first-order chi connectivity index (χ1) is 31.2. The lowest BCUT2D eigenvalue weighted by atomic mass is 9.67. The molecule has 0 bridgehead atoms. The zero-order valence-corrected chi connectivity index (χ0v) is 33.9. The van der Waals surface area contributed by atoms with Gasteiger partial charge in [-0.3, -0.25) is 4.98 Å². The summed E-state index contributed by atoms with van der Waals surface area (Å²) in [6, 6.07) is 73.1. The number of rotatable bonds is 7. The Balaban J connectivity index is 0.964. The van der Waals surface area contributed by atoms with Gasteiger partial charge in [0.1, 0.15) is 0 Å². The Morgan fingerprint density at radius 1 is 0.333 bits per heavy atom. The molecule has 3 heterocycles. The van der Waals surface area contributed by atoms with Crippen LogP contribution in [0.25, 0.3) is 67.7 Å². The second-order valence-electron chi connectivity index (χ2n) is 15.8. The fourth-order valence-electron chi connectivity index (χ4n) is 9.29. The van der Waals surface area contributed by atoms with Crippen LogP contribution in [-0.2, 0) is 5.41 Å². The van der Waals surface area contributed by atoms with Crippen molar-refractivity contribution in [2.24, 2.45) is 0 Å². The molecule has 0 N–H and O–H groups in total. The summed E-state index contributed by atoms with van der Waals surface area (Å²) in [7, 11) is 0. The maximum atomic E-state index is 7.03. The monoisotopic (exact) mass is 808 g/mol. The minimum atomic E-state index is -0.567. The fourth-order valence-corrected chi connectivity index (χ4v) is 9.29. The molecule has 6 heteroatoms. The van der Waals surface area contributed by atoms with E-state index in [0.29, 0.717) is 40.5 Å². The lowest BCUT2D eigenvalue weighted by Crippen LogP contribution is -2.28. The van der Waals surface area contributed by atoms with Crippen LogP contribution in [0, 0.1) is 0 Å². The third-order valence-electron chi connectivity index (χ3n) is 12.1. The zero-order valence-electron chi connectivity index (χ0n) is 33.9. The smallest absolute Gasteiger partial charge is 0.177 e. The van der Waals surface area contributed by atoms with E-state index in [1.807, 2.05) is 84.9 Å². The highest BCUT2D eigenvalue weighted by atomic mass is 16.6. The number of para-hydroxylation sites is 1. The Hall–Kier alpha value is -8.48. The van der Waals surface area contributed by atoms with Crippen molar-refractivity contribution in [3.63, 3.8) is 0 Å². The number of pyridine rings is 1. The first-order valence-electron chi connectivity index (χ1n) is 21.0. The summed E-state index contributed by atoms with van der Waals surface area (Å²) in [5.74, 6) is 4.36. The molecule has 1 aliphatic carbocycles. The zero-order chi connectivity index (χ0) is 41.7. The average Bonchev–Trinajstić information content (AvgIpc) is 3.65. The van der Waals surface area contributed by atoms with Crippen LogP contribution in [0.5, 0.6) is 23.0 Å². The van der Waals surface area contributed by atoms with Crippen LogP contribution >= 0.6 is 0 Å². The van der Waals surface area contributed by atoms with Crippen LogP contribution in [0.3, 0.4) is 0 Å². The molecule has 0 atom stereocenters. The van der Waals surface area contributed by atoms with Crippen LogP contribution in [0.2, 0.25) is 0 Å². The van der Waals surface area contributed by atoms with Crippen LogP contribution in [0.15, 0.2) is 219 Å². The van der Waals surface area contributed by atoms with Gasteiger partial charge >= 0.3 is 0 Å². The Bertz CT molecular complexity index is 3300. The number of hydrogen-bond acceptors (Lipinski definition) is 6. The van der Waals surface area contributed by atoms with Gasteiger partial charge in [-0.1, -0.05) is 170 Å². The van der Waals surface area contributed by atoms with Crippen LogP contribution in [0.1, 0.15) is 22.3 Å². The molecular weight excluding hydrogens is 773 g/mol. The third kappa shape index (κ3) is 6.11. The van der Waals surface area contributed by atoms with E-state index in [0.717, 1.165) is 50.2 Å². The number of ether oxygens (including phenoxy) is 2. The highest BCUT2D eigenvalue weighted by Gasteiger charge is 2.47. The molecule has 63 heavy (non-hydrogen) atoms. The molecule has 0 amide bonds. The van der Waals surface area contributed by atoms with Crippen molar-refractivity contribution in [3.05, 3.63) is 241 Å². The predicted octanol–water partition coefficient (Wildman–Crippen LogP) is 13.9. The Morgan fingerprint density at radius 2 is 0.873 bits per heavy atom. The molecule has 6 nitrogen and oxygen atoms in total. The third-order valence-corrected chi connectivity index (χ3v) is 12.1. The van der Waals surface area contributed by atoms with Gasteiger partial charge in [0, 0.05) is 34.0 Å². The quantitative estimate of drug-likeness (QED) is 0.160. The van der Waals surface area contributed by atoms with Gasteiger partial charge in [0.05, 0.1) is 11.1 Å². The summed E-state index contributed by atoms with van der Waals surface area (Å²) in [4.78, 5) is 19.7. The van der Waals surface area contributed by atoms with Crippen molar-refractivity contribution in [1.82, 2.24) is 19.9 Å². The molecule has 0 fully saturated rings. The highest BCUT2D eigenvalue weighted by molar-refractivity contribution is 5.89. The molecule has 2 aromatic heterocycles. The van der Waals surface area contributed by atoms with E-state index in [-0.39, 0.29) is 0 Å². The number of nitrogens with zero attached hydrogens (tertiary/aromatic N) is 4. The van der Waals surface area contributed by atoms with E-state index in [2.05, 4.69) is 132 Å². The highest BCUT2D eigenvalue weighted by Crippen LogP contribution is 2.60. The number of benzene rings is 8. The molecule has 296 valence electrons. The lowest BCUT2D eigenvalue weighted by molar-refractivity contribution is 0.360. The molecule has 2 aliphatic rings. The molecule has 0 saturated carbocycles. The molecule has 8 aromatic carbocycles. The Kier molecular flexibility index (Phi) is 8.61. The molecule has 1 aliphatic heterocycles. The average molecular weight is 809 g/mol. The predicted molar refractivity (Wildman–Crippen MR) is 249 cm³/mol. The SMILES string of the molecule is c1ccc(-c2nc(-c3cccc(-c4ccccn4)c3)nc(-c3cccc(-c4cccc5c4Oc4cc6c(cc4O5)-c4ccccc4C6(c4ccccc4)c4ccccc4)c3)n2)cc1. The van der Waals surface area contributed by atoms with Gasteiger partial charge in [0.25, 0.3) is 0 Å². The van der Waals surface area contributed by atoms with Crippen LogP contribution < -0.4 is 9.47 Å². The van der Waals surface area contributed by atoms with Gasteiger partial charge < -0.3 is 9.47 Å². The van der Waals surface area contributed by atoms with Gasteiger partial charge in [0.15, 0.2) is 40.5 Å². The van der Waals surface area contributed by atoms with Gasteiger partial charge in [0.2, 0.25) is 0 Å². The summed E-state index contributed by atoms with van der Waals surface area (Å²) in [6.07, 6.45) is 1.80. The van der Waals surface area contributed by atoms with E-state index < -0.39 is 5.41 Å². The van der Waals surface area contributed by atoms with E-state index >= 15 is 0 Å². The van der Waals surface area contributed by atoms with Crippen molar-refractivity contribution in [2.45, 2.75) is 5.41 Å². The van der Waals surface area contributed by atoms with Gasteiger partial charge in [-0.05, 0) is 81.4 Å². The van der Waals surface area contributed by atoms with Gasteiger partial charge in [-0.25, -0.2) is 15.0 Å². The fraction of sp³-hybridized carbons (Fsp3) is 0.0175. The van der Waals surface area contributed by atoms with E-state index in [1.165, 1.54) is 22.3 Å². The number of hydrogen-bond donors (Lipinski definition) is 0. The minimum Gasteiger partial charge on any atom is -0.449 e. The van der Waals surface area contributed by atoms with Crippen molar-refractivity contribution in [1.29, 1.82) is 0 Å². The van der Waals surface area contributed by atoms with E-state index in [9.17, 15) is 0 Å². The summed E-state index contributed by atoms with van der Waals surface area (Å²) in [5, 5.41) is 0. The summed E-state index contributed by atoms with van der Waals surface area (Å²) in [5.41, 5.74) is 12.8. The number of fused-ring (bicyclic) bond motifs is 5. The van der Waals surface area contributed by atoms with Crippen LogP contribution in [0.4, 0.5) is 0 Å².